The second-order valence-electron chi connectivity index (χ2n) is 5.58. The molecule has 2 aromatic carbocycles. The number of ether oxygens (including phenoxy) is 1. The number of hydrogen-bond donors (Lipinski definition) is 1. The summed E-state index contributed by atoms with van der Waals surface area (Å²) in [6.45, 7) is -1.49. The number of rotatable bonds is 6. The Morgan fingerprint density at radius 3 is 2.37 bits per heavy atom. The lowest BCUT2D eigenvalue weighted by molar-refractivity contribution is -0.176. The molecular weight excluding hydrogens is 363 g/mol. The van der Waals surface area contributed by atoms with Crippen molar-refractivity contribution in [2.45, 2.75) is 12.8 Å². The van der Waals surface area contributed by atoms with E-state index in [2.05, 4.69) is 20.3 Å². The fourth-order valence-electron chi connectivity index (χ4n) is 2.24. The summed E-state index contributed by atoms with van der Waals surface area (Å²) in [5.41, 5.74) is 2.20. The molecule has 0 fully saturated rings. The summed E-state index contributed by atoms with van der Waals surface area (Å²) in [6, 6.07) is 13.0. The summed E-state index contributed by atoms with van der Waals surface area (Å²) >= 11 is 0. The standard InChI is InChI=1S/C18H14F3N3O3/c19-18(20,21)10-26-9-12-1-3-13(4-2-12)16(25)23-15-7-5-14(6-8-15)17-24-22-11-27-17/h1-8,11H,9-10H2,(H,23,25). The summed E-state index contributed by atoms with van der Waals surface area (Å²) in [6.07, 6.45) is -3.14. The quantitative estimate of drug-likeness (QED) is 0.701. The molecule has 1 amide bonds. The number of halogens is 3. The molecule has 9 heteroatoms. The number of benzene rings is 2. The molecule has 0 aliphatic heterocycles. The van der Waals surface area contributed by atoms with E-state index < -0.39 is 12.8 Å². The number of nitrogens with zero attached hydrogens (tertiary/aromatic N) is 2. The minimum atomic E-state index is -4.36. The molecule has 0 saturated carbocycles. The Hall–Kier alpha value is -3.20. The minimum absolute atomic E-state index is 0.182. The highest BCUT2D eigenvalue weighted by Gasteiger charge is 2.27. The zero-order valence-electron chi connectivity index (χ0n) is 13.9. The van der Waals surface area contributed by atoms with Gasteiger partial charge in [0.2, 0.25) is 12.3 Å². The van der Waals surface area contributed by atoms with Crippen molar-refractivity contribution in [2.24, 2.45) is 0 Å². The van der Waals surface area contributed by atoms with Gasteiger partial charge in [0.15, 0.2) is 0 Å². The first-order chi connectivity index (χ1) is 12.9. The van der Waals surface area contributed by atoms with Crippen molar-refractivity contribution >= 4 is 11.6 Å². The molecule has 0 radical (unpaired) electrons. The van der Waals surface area contributed by atoms with Crippen LogP contribution in [0.4, 0.5) is 18.9 Å². The molecule has 1 heterocycles. The van der Waals surface area contributed by atoms with Crippen molar-refractivity contribution in [1.29, 1.82) is 0 Å². The SMILES string of the molecule is O=C(Nc1ccc(-c2nnco2)cc1)c1ccc(COCC(F)(F)F)cc1. The molecule has 0 spiro atoms. The highest BCUT2D eigenvalue weighted by atomic mass is 19.4. The molecule has 0 aliphatic rings. The average molecular weight is 377 g/mol. The van der Waals surface area contributed by atoms with Crippen LogP contribution < -0.4 is 5.32 Å². The van der Waals surface area contributed by atoms with E-state index in [1.807, 2.05) is 0 Å². The van der Waals surface area contributed by atoms with Gasteiger partial charge in [-0.05, 0) is 42.0 Å². The van der Waals surface area contributed by atoms with Gasteiger partial charge >= 0.3 is 6.18 Å². The molecule has 1 N–H and O–H groups in total. The Balaban J connectivity index is 1.56. The number of anilines is 1. The van der Waals surface area contributed by atoms with Crippen LogP contribution in [0.2, 0.25) is 0 Å². The Morgan fingerprint density at radius 2 is 1.78 bits per heavy atom. The van der Waals surface area contributed by atoms with Crippen molar-refractivity contribution in [3.05, 3.63) is 66.1 Å². The Morgan fingerprint density at radius 1 is 1.07 bits per heavy atom. The maximum Gasteiger partial charge on any atom is 0.411 e. The smallest absolute Gasteiger partial charge is 0.411 e. The molecule has 27 heavy (non-hydrogen) atoms. The summed E-state index contributed by atoms with van der Waals surface area (Å²) in [4.78, 5) is 12.3. The first-order valence-corrected chi connectivity index (χ1v) is 7.82. The Bertz CT molecular complexity index is 877. The summed E-state index contributed by atoms with van der Waals surface area (Å²) in [5.74, 6) is 0.0273. The van der Waals surface area contributed by atoms with Crippen molar-refractivity contribution in [1.82, 2.24) is 10.2 Å². The van der Waals surface area contributed by atoms with Gasteiger partial charge < -0.3 is 14.5 Å². The topological polar surface area (TPSA) is 77.3 Å². The third kappa shape index (κ3) is 5.38. The van der Waals surface area contributed by atoms with Gasteiger partial charge in [0.25, 0.3) is 5.91 Å². The number of hydrogen-bond acceptors (Lipinski definition) is 5. The van der Waals surface area contributed by atoms with E-state index >= 15 is 0 Å². The lowest BCUT2D eigenvalue weighted by atomic mass is 10.1. The van der Waals surface area contributed by atoms with Crippen LogP contribution in [0.5, 0.6) is 0 Å². The summed E-state index contributed by atoms with van der Waals surface area (Å²) in [7, 11) is 0. The summed E-state index contributed by atoms with van der Waals surface area (Å²) < 4.78 is 45.8. The van der Waals surface area contributed by atoms with Gasteiger partial charge in [0, 0.05) is 16.8 Å². The molecule has 3 rings (SSSR count). The first-order valence-electron chi connectivity index (χ1n) is 7.82. The third-order valence-electron chi connectivity index (χ3n) is 3.50. The molecule has 6 nitrogen and oxygen atoms in total. The molecule has 3 aromatic rings. The fourth-order valence-corrected chi connectivity index (χ4v) is 2.24. The van der Waals surface area contributed by atoms with E-state index in [1.165, 1.54) is 18.5 Å². The lowest BCUT2D eigenvalue weighted by Crippen LogP contribution is -2.16. The Kier molecular flexibility index (Phi) is 5.51. The van der Waals surface area contributed by atoms with Crippen molar-refractivity contribution < 1.29 is 27.1 Å². The van der Waals surface area contributed by atoms with Crippen LogP contribution in [0.1, 0.15) is 15.9 Å². The number of carbonyl (C=O) groups is 1. The van der Waals surface area contributed by atoms with Gasteiger partial charge in [-0.15, -0.1) is 10.2 Å². The normalized spacial score (nSPS) is 11.4. The van der Waals surface area contributed by atoms with Gasteiger partial charge in [-0.25, -0.2) is 0 Å². The second kappa shape index (κ2) is 8.00. The van der Waals surface area contributed by atoms with E-state index in [0.717, 1.165) is 0 Å². The van der Waals surface area contributed by atoms with E-state index in [4.69, 9.17) is 4.42 Å². The zero-order valence-corrected chi connectivity index (χ0v) is 13.9. The second-order valence-corrected chi connectivity index (χ2v) is 5.58. The number of nitrogens with one attached hydrogen (secondary N) is 1. The molecule has 0 bridgehead atoms. The van der Waals surface area contributed by atoms with E-state index in [9.17, 15) is 18.0 Å². The predicted molar refractivity (Wildman–Crippen MR) is 89.8 cm³/mol. The number of aromatic nitrogens is 2. The molecule has 1 aromatic heterocycles. The molecule has 0 saturated heterocycles. The minimum Gasteiger partial charge on any atom is -0.423 e. The summed E-state index contributed by atoms with van der Waals surface area (Å²) in [5, 5.41) is 10.1. The van der Waals surface area contributed by atoms with E-state index in [1.54, 1.807) is 36.4 Å². The maximum absolute atomic E-state index is 12.3. The van der Waals surface area contributed by atoms with Crippen LogP contribution in [0.15, 0.2) is 59.3 Å². The highest BCUT2D eigenvalue weighted by molar-refractivity contribution is 6.04. The number of carbonyl (C=O) groups excluding carboxylic acids is 1. The Labute approximate surface area is 152 Å². The van der Waals surface area contributed by atoms with Crippen LogP contribution >= 0.6 is 0 Å². The first kappa shape index (κ1) is 18.6. The molecule has 0 aliphatic carbocycles. The van der Waals surface area contributed by atoms with Gasteiger partial charge in [-0.2, -0.15) is 13.2 Å². The van der Waals surface area contributed by atoms with Gasteiger partial charge in [-0.3, -0.25) is 4.79 Å². The highest BCUT2D eigenvalue weighted by Crippen LogP contribution is 2.20. The van der Waals surface area contributed by atoms with Crippen molar-refractivity contribution in [2.75, 3.05) is 11.9 Å². The predicted octanol–water partition coefficient (Wildman–Crippen LogP) is 4.07. The van der Waals surface area contributed by atoms with E-state index in [0.29, 0.717) is 28.3 Å². The maximum atomic E-state index is 12.3. The van der Waals surface area contributed by atoms with Crippen molar-refractivity contribution in [3.63, 3.8) is 0 Å². The van der Waals surface area contributed by atoms with Gasteiger partial charge in [0.1, 0.15) is 6.61 Å². The van der Waals surface area contributed by atoms with Crippen LogP contribution in [0.3, 0.4) is 0 Å². The monoisotopic (exact) mass is 377 g/mol. The van der Waals surface area contributed by atoms with E-state index in [-0.39, 0.29) is 12.5 Å². The van der Waals surface area contributed by atoms with Gasteiger partial charge in [-0.1, -0.05) is 12.1 Å². The number of amides is 1. The largest absolute Gasteiger partial charge is 0.423 e. The molecule has 0 unspecified atom stereocenters. The third-order valence-corrected chi connectivity index (χ3v) is 3.50. The molecule has 140 valence electrons. The molecular formula is C18H14F3N3O3. The van der Waals surface area contributed by atoms with Crippen LogP contribution in [0.25, 0.3) is 11.5 Å². The fraction of sp³-hybridized carbons (Fsp3) is 0.167. The van der Waals surface area contributed by atoms with Crippen LogP contribution in [0, 0.1) is 0 Å². The van der Waals surface area contributed by atoms with Crippen LogP contribution in [-0.4, -0.2) is 28.9 Å². The van der Waals surface area contributed by atoms with Gasteiger partial charge in [0.05, 0.1) is 6.61 Å². The zero-order chi connectivity index (χ0) is 19.3. The van der Waals surface area contributed by atoms with Crippen LogP contribution in [-0.2, 0) is 11.3 Å². The lowest BCUT2D eigenvalue weighted by Gasteiger charge is -2.09. The van der Waals surface area contributed by atoms with Crippen molar-refractivity contribution in [3.8, 4) is 11.5 Å². The average Bonchev–Trinajstić information content (AvgIpc) is 3.16. The number of alkyl halides is 3. The molecule has 0 atom stereocenters.